The molecule has 1 aromatic heterocycles. The van der Waals surface area contributed by atoms with E-state index in [1.165, 1.54) is 5.57 Å². The van der Waals surface area contributed by atoms with Crippen LogP contribution in [0.3, 0.4) is 0 Å². The number of imide groups is 1. The zero-order chi connectivity index (χ0) is 23.5. The summed E-state index contributed by atoms with van der Waals surface area (Å²) in [6.07, 6.45) is 5.41. The Morgan fingerprint density at radius 2 is 2.00 bits per heavy atom. The fourth-order valence-corrected chi connectivity index (χ4v) is 4.54. The van der Waals surface area contributed by atoms with Crippen LogP contribution in [0.2, 0.25) is 0 Å². The number of likely N-dealkylation sites (tertiary alicyclic amines) is 1. The molecule has 0 aliphatic carbocycles. The first-order valence-electron chi connectivity index (χ1n) is 11.3. The van der Waals surface area contributed by atoms with Crippen LogP contribution in [-0.2, 0) is 14.4 Å². The number of benzene rings is 1. The van der Waals surface area contributed by atoms with E-state index in [4.69, 9.17) is 0 Å². The predicted molar refractivity (Wildman–Crippen MR) is 123 cm³/mol. The molecule has 2 N–H and O–H groups in total. The van der Waals surface area contributed by atoms with Crippen molar-refractivity contribution < 1.29 is 19.2 Å². The van der Waals surface area contributed by atoms with E-state index in [9.17, 15) is 19.2 Å². The summed E-state index contributed by atoms with van der Waals surface area (Å²) >= 11 is 0. The predicted octanol–water partition coefficient (Wildman–Crippen LogP) is 2.18. The average molecular weight is 449 g/mol. The van der Waals surface area contributed by atoms with Gasteiger partial charge in [0.25, 0.3) is 5.91 Å². The molecule has 2 aliphatic heterocycles. The number of amides is 4. The Labute approximate surface area is 192 Å². The van der Waals surface area contributed by atoms with Gasteiger partial charge in [-0.15, -0.1) is 0 Å². The molecule has 3 heterocycles. The fraction of sp³-hybridized carbons (Fsp3) is 0.400. The highest BCUT2D eigenvalue weighted by Crippen LogP contribution is 2.24. The van der Waals surface area contributed by atoms with Crippen molar-refractivity contribution in [2.45, 2.75) is 39.5 Å². The van der Waals surface area contributed by atoms with E-state index in [0.717, 1.165) is 34.9 Å². The lowest BCUT2D eigenvalue weighted by Gasteiger charge is -2.29. The topological polar surface area (TPSA) is 108 Å². The van der Waals surface area contributed by atoms with Crippen molar-refractivity contribution in [1.82, 2.24) is 20.5 Å². The van der Waals surface area contributed by atoms with Gasteiger partial charge in [0.1, 0.15) is 0 Å². The van der Waals surface area contributed by atoms with Crippen molar-refractivity contribution >= 4 is 34.5 Å². The second-order valence-electron chi connectivity index (χ2n) is 8.74. The molecular weight excluding hydrogens is 420 g/mol. The molecule has 0 bridgehead atoms. The molecule has 2 aromatic rings. The number of piperidine rings is 1. The Kier molecular flexibility index (Phi) is 6.53. The van der Waals surface area contributed by atoms with Crippen LogP contribution in [0.15, 0.2) is 36.0 Å². The number of rotatable bonds is 5. The smallest absolute Gasteiger partial charge is 0.251 e. The van der Waals surface area contributed by atoms with Gasteiger partial charge in [0.05, 0.1) is 11.4 Å². The molecule has 2 fully saturated rings. The number of carbonyl (C=O) groups is 4. The highest BCUT2D eigenvalue weighted by atomic mass is 16.2. The van der Waals surface area contributed by atoms with E-state index in [-0.39, 0.29) is 36.5 Å². The van der Waals surface area contributed by atoms with Gasteiger partial charge in [-0.2, -0.15) is 0 Å². The summed E-state index contributed by atoms with van der Waals surface area (Å²) in [4.78, 5) is 54.4. The molecular formula is C25H28N4O4. The number of pyridine rings is 1. The second-order valence-corrected chi connectivity index (χ2v) is 8.74. The molecule has 4 rings (SSSR count). The van der Waals surface area contributed by atoms with E-state index < -0.39 is 5.92 Å². The van der Waals surface area contributed by atoms with E-state index in [0.29, 0.717) is 25.2 Å². The summed E-state index contributed by atoms with van der Waals surface area (Å²) in [6.45, 7) is 5.48. The first-order valence-corrected chi connectivity index (χ1v) is 11.3. The number of nitrogens with zero attached hydrogens (tertiary/aromatic N) is 2. The molecule has 4 amide bonds. The molecule has 1 aromatic carbocycles. The number of fused-ring (bicyclic) bond motifs is 1. The Bertz CT molecular complexity index is 1160. The molecule has 0 radical (unpaired) electrons. The first-order chi connectivity index (χ1) is 15.8. The highest BCUT2D eigenvalue weighted by Gasteiger charge is 2.33. The van der Waals surface area contributed by atoms with Crippen molar-refractivity contribution in [2.75, 3.05) is 19.6 Å². The summed E-state index contributed by atoms with van der Waals surface area (Å²) in [5.74, 6) is -1.41. The van der Waals surface area contributed by atoms with Gasteiger partial charge in [-0.3, -0.25) is 29.5 Å². The maximum Gasteiger partial charge on any atom is 0.251 e. The third kappa shape index (κ3) is 4.94. The number of aromatic nitrogens is 1. The van der Waals surface area contributed by atoms with Crippen LogP contribution in [0.4, 0.5) is 0 Å². The maximum absolute atomic E-state index is 12.8. The number of hydrogen-bond donors (Lipinski definition) is 2. The van der Waals surface area contributed by atoms with Crippen LogP contribution in [0, 0.1) is 19.8 Å². The molecule has 0 saturated carbocycles. The minimum absolute atomic E-state index is 0.0761. The Balaban J connectivity index is 1.29. The van der Waals surface area contributed by atoms with Gasteiger partial charge < -0.3 is 10.2 Å². The summed E-state index contributed by atoms with van der Waals surface area (Å²) in [6, 6.07) is 5.74. The molecule has 2 saturated heterocycles. The van der Waals surface area contributed by atoms with Gasteiger partial charge in [-0.25, -0.2) is 0 Å². The molecule has 33 heavy (non-hydrogen) atoms. The van der Waals surface area contributed by atoms with Gasteiger partial charge in [0.15, 0.2) is 0 Å². The van der Waals surface area contributed by atoms with Crippen molar-refractivity contribution in [3.8, 4) is 0 Å². The van der Waals surface area contributed by atoms with Crippen molar-refractivity contribution in [3.05, 3.63) is 52.7 Å². The molecule has 172 valence electrons. The van der Waals surface area contributed by atoms with Crippen LogP contribution in [0.1, 0.15) is 47.2 Å². The second kappa shape index (κ2) is 9.52. The fourth-order valence-electron chi connectivity index (χ4n) is 4.54. The quantitative estimate of drug-likeness (QED) is 0.538. The Morgan fingerprint density at radius 1 is 1.24 bits per heavy atom. The lowest BCUT2D eigenvalue weighted by molar-refractivity contribution is -0.135. The number of hydrogen-bond acceptors (Lipinski definition) is 5. The minimum atomic E-state index is -0.546. The van der Waals surface area contributed by atoms with E-state index >= 15 is 0 Å². The van der Waals surface area contributed by atoms with E-state index in [1.54, 1.807) is 11.1 Å². The third-order valence-electron chi connectivity index (χ3n) is 6.49. The Morgan fingerprint density at radius 3 is 2.70 bits per heavy atom. The van der Waals surface area contributed by atoms with Crippen molar-refractivity contribution in [3.63, 3.8) is 0 Å². The molecule has 2 aliphatic rings. The number of nitrogens with one attached hydrogen (secondary N) is 2. The standard InChI is InChI=1S/C25H28N4O4/c1-15-12-20(16(2)19-4-3-8-26-23(15)19)25(33)27-9-5-17-6-10-29(11-7-17)22(31)14-18-13-21(30)28-24(18)32/h3-5,8,12,18H,6-7,9-11,13-14H2,1-2H3,(H,27,33)(H,28,30,32). The largest absolute Gasteiger partial charge is 0.349 e. The normalized spacial score (nSPS) is 18.4. The van der Waals surface area contributed by atoms with Gasteiger partial charge in [0.2, 0.25) is 17.7 Å². The molecule has 8 nitrogen and oxygen atoms in total. The van der Waals surface area contributed by atoms with Gasteiger partial charge in [0, 0.05) is 49.6 Å². The number of aryl methyl sites for hydroxylation is 2. The zero-order valence-electron chi connectivity index (χ0n) is 18.9. The van der Waals surface area contributed by atoms with E-state index in [2.05, 4.69) is 15.6 Å². The molecule has 1 unspecified atom stereocenters. The van der Waals surface area contributed by atoms with Gasteiger partial charge in [-0.1, -0.05) is 17.7 Å². The highest BCUT2D eigenvalue weighted by molar-refractivity contribution is 6.05. The van der Waals surface area contributed by atoms with Crippen LogP contribution in [-0.4, -0.2) is 53.1 Å². The molecule has 8 heteroatoms. The summed E-state index contributed by atoms with van der Waals surface area (Å²) in [7, 11) is 0. The molecule has 0 spiro atoms. The monoisotopic (exact) mass is 448 g/mol. The van der Waals surface area contributed by atoms with Gasteiger partial charge in [-0.05, 0) is 49.9 Å². The zero-order valence-corrected chi connectivity index (χ0v) is 18.9. The minimum Gasteiger partial charge on any atom is -0.349 e. The van der Waals surface area contributed by atoms with Crippen molar-refractivity contribution in [1.29, 1.82) is 0 Å². The summed E-state index contributed by atoms with van der Waals surface area (Å²) in [5, 5.41) is 6.21. The van der Waals surface area contributed by atoms with Gasteiger partial charge >= 0.3 is 0 Å². The lowest BCUT2D eigenvalue weighted by Crippen LogP contribution is -2.38. The van der Waals surface area contributed by atoms with Crippen molar-refractivity contribution in [2.24, 2.45) is 5.92 Å². The molecule has 1 atom stereocenters. The maximum atomic E-state index is 12.8. The first kappa shape index (κ1) is 22.6. The third-order valence-corrected chi connectivity index (χ3v) is 6.49. The lowest BCUT2D eigenvalue weighted by atomic mass is 9.98. The SMILES string of the molecule is Cc1c(C(=O)NCC=C2CCN(C(=O)CC3CC(=O)NC3=O)CC2)cc(C)c2ncccc12. The van der Waals surface area contributed by atoms with Crippen LogP contribution < -0.4 is 10.6 Å². The summed E-state index contributed by atoms with van der Waals surface area (Å²) in [5.41, 5.74) is 4.65. The average Bonchev–Trinajstić information content (AvgIpc) is 3.12. The number of carbonyl (C=O) groups excluding carboxylic acids is 4. The van der Waals surface area contributed by atoms with Crippen LogP contribution in [0.25, 0.3) is 10.9 Å². The summed E-state index contributed by atoms with van der Waals surface area (Å²) < 4.78 is 0. The Hall–Kier alpha value is -3.55. The van der Waals surface area contributed by atoms with Crippen LogP contribution >= 0.6 is 0 Å². The van der Waals surface area contributed by atoms with Crippen LogP contribution in [0.5, 0.6) is 0 Å². The van der Waals surface area contributed by atoms with E-state index in [1.807, 2.05) is 38.1 Å².